The summed E-state index contributed by atoms with van der Waals surface area (Å²) in [5.74, 6) is 1.73. The monoisotopic (exact) mass is 365 g/mol. The molecular formula is C20H23N5O2. The number of aromatic nitrogens is 2. The Morgan fingerprint density at radius 1 is 1.11 bits per heavy atom. The smallest absolute Gasteiger partial charge is 0.189 e. The summed E-state index contributed by atoms with van der Waals surface area (Å²) < 4.78 is 12.4. The molecule has 1 aromatic heterocycles. The average molecular weight is 365 g/mol. The summed E-state index contributed by atoms with van der Waals surface area (Å²) in [6, 6.07) is 15.6. The van der Waals surface area contributed by atoms with Crippen LogP contribution in [0.25, 0.3) is 5.69 Å². The third-order valence-corrected chi connectivity index (χ3v) is 4.08. The molecule has 0 spiro atoms. The molecule has 0 aliphatic heterocycles. The number of nitrogens with zero attached hydrogens (tertiary/aromatic N) is 3. The number of nitrogens with one attached hydrogen (secondary N) is 1. The SMILES string of the molecule is COc1ccc(CN=C(N)NCc2ccccc2-n2cccn2)cc1OC. The van der Waals surface area contributed by atoms with Crippen LogP contribution in [0.1, 0.15) is 11.1 Å². The van der Waals surface area contributed by atoms with Gasteiger partial charge in [0.1, 0.15) is 0 Å². The first kappa shape index (κ1) is 18.3. The number of ether oxygens (including phenoxy) is 2. The van der Waals surface area contributed by atoms with Gasteiger partial charge in [-0.05, 0) is 35.4 Å². The minimum Gasteiger partial charge on any atom is -0.493 e. The lowest BCUT2D eigenvalue weighted by Crippen LogP contribution is -2.31. The fourth-order valence-corrected chi connectivity index (χ4v) is 2.69. The Hall–Kier alpha value is -3.48. The Bertz CT molecular complexity index is 906. The lowest BCUT2D eigenvalue weighted by atomic mass is 10.2. The molecule has 1 heterocycles. The molecule has 140 valence electrons. The molecule has 0 radical (unpaired) electrons. The second kappa shape index (κ2) is 8.75. The van der Waals surface area contributed by atoms with Gasteiger partial charge in [0.2, 0.25) is 0 Å². The van der Waals surface area contributed by atoms with Crippen LogP contribution in [0.4, 0.5) is 0 Å². The van der Waals surface area contributed by atoms with Crippen molar-refractivity contribution in [1.82, 2.24) is 15.1 Å². The van der Waals surface area contributed by atoms with Crippen LogP contribution in [-0.2, 0) is 13.1 Å². The number of nitrogens with two attached hydrogens (primary N) is 1. The fourth-order valence-electron chi connectivity index (χ4n) is 2.69. The molecule has 0 saturated heterocycles. The quantitative estimate of drug-likeness (QED) is 0.496. The van der Waals surface area contributed by atoms with Gasteiger partial charge in [-0.2, -0.15) is 5.10 Å². The molecule has 3 aromatic rings. The van der Waals surface area contributed by atoms with E-state index in [2.05, 4.69) is 15.4 Å². The van der Waals surface area contributed by atoms with E-state index >= 15 is 0 Å². The molecule has 27 heavy (non-hydrogen) atoms. The van der Waals surface area contributed by atoms with E-state index in [-0.39, 0.29) is 0 Å². The predicted octanol–water partition coefficient (Wildman–Crippen LogP) is 2.49. The first-order valence-corrected chi connectivity index (χ1v) is 8.54. The fraction of sp³-hybridized carbons (Fsp3) is 0.200. The topological polar surface area (TPSA) is 86.7 Å². The zero-order chi connectivity index (χ0) is 19.1. The molecule has 0 bridgehead atoms. The van der Waals surface area contributed by atoms with Crippen molar-refractivity contribution in [3.8, 4) is 17.2 Å². The zero-order valence-corrected chi connectivity index (χ0v) is 15.4. The highest BCUT2D eigenvalue weighted by molar-refractivity contribution is 5.77. The van der Waals surface area contributed by atoms with Gasteiger partial charge >= 0.3 is 0 Å². The van der Waals surface area contributed by atoms with E-state index in [1.165, 1.54) is 0 Å². The van der Waals surface area contributed by atoms with Gasteiger partial charge in [0.25, 0.3) is 0 Å². The van der Waals surface area contributed by atoms with Crippen LogP contribution in [0.5, 0.6) is 11.5 Å². The molecule has 0 aliphatic carbocycles. The Balaban J connectivity index is 1.64. The summed E-state index contributed by atoms with van der Waals surface area (Å²) in [7, 11) is 3.22. The third kappa shape index (κ3) is 4.58. The van der Waals surface area contributed by atoms with Crippen LogP contribution < -0.4 is 20.5 Å². The molecule has 0 fully saturated rings. The summed E-state index contributed by atoms with van der Waals surface area (Å²) in [4.78, 5) is 4.40. The van der Waals surface area contributed by atoms with Crippen LogP contribution in [-0.4, -0.2) is 30.0 Å². The summed E-state index contributed by atoms with van der Waals surface area (Å²) in [5, 5.41) is 7.44. The number of aliphatic imine (C=N–C) groups is 1. The van der Waals surface area contributed by atoms with Gasteiger partial charge in [-0.3, -0.25) is 0 Å². The Labute approximate surface area is 158 Å². The number of benzene rings is 2. The molecule has 3 N–H and O–H groups in total. The highest BCUT2D eigenvalue weighted by atomic mass is 16.5. The van der Waals surface area contributed by atoms with Crippen molar-refractivity contribution in [2.45, 2.75) is 13.1 Å². The number of para-hydroxylation sites is 1. The van der Waals surface area contributed by atoms with Crippen LogP contribution in [0.3, 0.4) is 0 Å². The number of rotatable bonds is 7. The van der Waals surface area contributed by atoms with Crippen molar-refractivity contribution in [1.29, 1.82) is 0 Å². The van der Waals surface area contributed by atoms with Gasteiger partial charge in [0.15, 0.2) is 17.5 Å². The minimum atomic E-state index is 0.375. The first-order chi connectivity index (χ1) is 13.2. The van der Waals surface area contributed by atoms with Gasteiger partial charge in [-0.1, -0.05) is 24.3 Å². The van der Waals surface area contributed by atoms with E-state index in [0.29, 0.717) is 30.5 Å². The molecule has 3 rings (SSSR count). The second-order valence-corrected chi connectivity index (χ2v) is 5.82. The van der Waals surface area contributed by atoms with Crippen LogP contribution in [0.2, 0.25) is 0 Å². The molecule has 7 nitrogen and oxygen atoms in total. The molecule has 0 aliphatic rings. The van der Waals surface area contributed by atoms with E-state index < -0.39 is 0 Å². The molecule has 0 atom stereocenters. The summed E-state index contributed by atoms with van der Waals surface area (Å²) >= 11 is 0. The van der Waals surface area contributed by atoms with Crippen molar-refractivity contribution in [2.75, 3.05) is 14.2 Å². The Kier molecular flexibility index (Phi) is 5.94. The maximum absolute atomic E-state index is 6.03. The van der Waals surface area contributed by atoms with E-state index in [1.54, 1.807) is 20.4 Å². The predicted molar refractivity (Wildman–Crippen MR) is 105 cm³/mol. The maximum Gasteiger partial charge on any atom is 0.189 e. The highest BCUT2D eigenvalue weighted by Crippen LogP contribution is 2.27. The second-order valence-electron chi connectivity index (χ2n) is 5.82. The van der Waals surface area contributed by atoms with Gasteiger partial charge in [-0.15, -0.1) is 0 Å². The van der Waals surface area contributed by atoms with E-state index in [4.69, 9.17) is 15.2 Å². The molecule has 2 aromatic carbocycles. The summed E-state index contributed by atoms with van der Waals surface area (Å²) in [6.07, 6.45) is 3.66. The number of hydrogen-bond donors (Lipinski definition) is 2. The molecule has 7 heteroatoms. The largest absolute Gasteiger partial charge is 0.493 e. The van der Waals surface area contributed by atoms with Crippen LogP contribution >= 0.6 is 0 Å². The minimum absolute atomic E-state index is 0.375. The first-order valence-electron chi connectivity index (χ1n) is 8.54. The van der Waals surface area contributed by atoms with E-state index in [0.717, 1.165) is 16.8 Å². The van der Waals surface area contributed by atoms with E-state index in [9.17, 15) is 0 Å². The zero-order valence-electron chi connectivity index (χ0n) is 15.4. The van der Waals surface area contributed by atoms with Crippen LogP contribution in [0.15, 0.2) is 65.9 Å². The van der Waals surface area contributed by atoms with Gasteiger partial charge < -0.3 is 20.5 Å². The average Bonchev–Trinajstić information content (AvgIpc) is 3.25. The number of methoxy groups -OCH3 is 2. The van der Waals surface area contributed by atoms with Gasteiger partial charge in [-0.25, -0.2) is 9.67 Å². The van der Waals surface area contributed by atoms with Crippen molar-refractivity contribution in [3.63, 3.8) is 0 Å². The van der Waals surface area contributed by atoms with Crippen molar-refractivity contribution < 1.29 is 9.47 Å². The molecule has 0 amide bonds. The lowest BCUT2D eigenvalue weighted by molar-refractivity contribution is 0.354. The van der Waals surface area contributed by atoms with Gasteiger partial charge in [0, 0.05) is 18.9 Å². The molecule has 0 saturated carbocycles. The molecular weight excluding hydrogens is 342 g/mol. The maximum atomic E-state index is 6.03. The standard InChI is InChI=1S/C20H23N5O2/c1-26-18-9-8-15(12-19(18)27-2)13-22-20(21)23-14-16-6-3-4-7-17(16)25-11-5-10-24-25/h3-12H,13-14H2,1-2H3,(H3,21,22,23). The lowest BCUT2D eigenvalue weighted by Gasteiger charge is -2.11. The Morgan fingerprint density at radius 3 is 2.67 bits per heavy atom. The number of guanidine groups is 1. The summed E-state index contributed by atoms with van der Waals surface area (Å²) in [6.45, 7) is 0.997. The van der Waals surface area contributed by atoms with Crippen LogP contribution in [0, 0.1) is 0 Å². The number of hydrogen-bond acceptors (Lipinski definition) is 4. The highest BCUT2D eigenvalue weighted by Gasteiger charge is 2.06. The van der Waals surface area contributed by atoms with E-state index in [1.807, 2.05) is 59.4 Å². The van der Waals surface area contributed by atoms with Gasteiger partial charge in [0.05, 0.1) is 26.5 Å². The third-order valence-electron chi connectivity index (χ3n) is 4.08. The van der Waals surface area contributed by atoms with Crippen molar-refractivity contribution in [2.24, 2.45) is 10.7 Å². The van der Waals surface area contributed by atoms with Crippen molar-refractivity contribution in [3.05, 3.63) is 72.1 Å². The summed E-state index contributed by atoms with van der Waals surface area (Å²) in [5.41, 5.74) is 9.08. The molecule has 0 unspecified atom stereocenters. The van der Waals surface area contributed by atoms with Crippen molar-refractivity contribution >= 4 is 5.96 Å². The Morgan fingerprint density at radius 2 is 1.93 bits per heavy atom. The normalized spacial score (nSPS) is 11.3.